The highest BCUT2D eigenvalue weighted by Crippen LogP contribution is 2.19. The zero-order valence-electron chi connectivity index (χ0n) is 13.6. The lowest BCUT2D eigenvalue weighted by Gasteiger charge is -2.23. The number of fused-ring (bicyclic) bond motifs is 1. The lowest BCUT2D eigenvalue weighted by atomic mass is 10.2. The molecule has 0 saturated carbocycles. The molecule has 0 aliphatic rings. The maximum absolute atomic E-state index is 4.25. The van der Waals surface area contributed by atoms with Crippen LogP contribution in [0.25, 0.3) is 5.65 Å². The quantitative estimate of drug-likeness (QED) is 0.625. The number of nitrogens with one attached hydrogen (secondary N) is 2. The first-order chi connectivity index (χ1) is 10.6. The number of hydrogen-bond acceptors (Lipinski definition) is 4. The third-order valence-corrected chi connectivity index (χ3v) is 4.73. The summed E-state index contributed by atoms with van der Waals surface area (Å²) in [5, 5.41) is 15.0. The number of rotatable bonds is 6. The van der Waals surface area contributed by atoms with Crippen LogP contribution in [-0.2, 0) is 6.42 Å². The number of hydrogen-bond donors (Lipinski definition) is 2. The molecule has 2 aromatic rings. The fraction of sp³-hybridized carbons (Fsp3) is 0.533. The van der Waals surface area contributed by atoms with Crippen LogP contribution in [0.1, 0.15) is 19.7 Å². The topological polar surface area (TPSA) is 66.6 Å². The van der Waals surface area contributed by atoms with Gasteiger partial charge in [0.05, 0.1) is 0 Å². The van der Waals surface area contributed by atoms with Crippen molar-refractivity contribution >= 4 is 23.4 Å². The highest BCUT2D eigenvalue weighted by atomic mass is 32.2. The number of thioether (sulfide) groups is 1. The molecule has 2 aromatic heterocycles. The van der Waals surface area contributed by atoms with Crippen LogP contribution >= 0.6 is 11.8 Å². The fourth-order valence-electron chi connectivity index (χ4n) is 1.94. The van der Waals surface area contributed by atoms with Crippen molar-refractivity contribution in [2.24, 2.45) is 4.99 Å². The molecule has 2 heterocycles. The Morgan fingerprint density at radius 3 is 2.86 bits per heavy atom. The maximum Gasteiger partial charge on any atom is 0.191 e. The van der Waals surface area contributed by atoms with Crippen molar-refractivity contribution in [3.63, 3.8) is 0 Å². The molecule has 120 valence electrons. The minimum absolute atomic E-state index is 0.181. The minimum Gasteiger partial charge on any atom is -0.356 e. The van der Waals surface area contributed by atoms with Crippen LogP contribution in [0.5, 0.6) is 0 Å². The van der Waals surface area contributed by atoms with Crippen LogP contribution < -0.4 is 10.6 Å². The van der Waals surface area contributed by atoms with E-state index in [1.807, 2.05) is 40.6 Å². The zero-order valence-corrected chi connectivity index (χ0v) is 14.4. The van der Waals surface area contributed by atoms with Crippen molar-refractivity contribution in [3.05, 3.63) is 30.2 Å². The summed E-state index contributed by atoms with van der Waals surface area (Å²) in [5.74, 6) is 1.76. The predicted octanol–water partition coefficient (Wildman–Crippen LogP) is 1.58. The number of nitrogens with zero attached hydrogens (tertiary/aromatic N) is 4. The van der Waals surface area contributed by atoms with E-state index in [0.717, 1.165) is 36.9 Å². The van der Waals surface area contributed by atoms with Crippen LogP contribution in [0.4, 0.5) is 0 Å². The molecule has 0 spiro atoms. The lowest BCUT2D eigenvalue weighted by molar-refractivity contribution is 0.662. The molecule has 0 aliphatic heterocycles. The average molecular weight is 320 g/mol. The average Bonchev–Trinajstić information content (AvgIpc) is 2.94. The first-order valence-corrected chi connectivity index (χ1v) is 8.56. The van der Waals surface area contributed by atoms with Gasteiger partial charge < -0.3 is 10.6 Å². The van der Waals surface area contributed by atoms with Crippen LogP contribution in [0.15, 0.2) is 29.4 Å². The first-order valence-electron chi connectivity index (χ1n) is 7.34. The van der Waals surface area contributed by atoms with E-state index in [4.69, 9.17) is 0 Å². The van der Waals surface area contributed by atoms with E-state index in [1.165, 1.54) is 0 Å². The standard InChI is InChI=1S/C15H24N6S/c1-15(2,22-4)11-18-14(16-3)17-9-8-13-20-19-12-7-5-6-10-21(12)13/h5-7,10H,8-9,11H2,1-4H3,(H2,16,17,18). The van der Waals surface area contributed by atoms with Gasteiger partial charge in [0.1, 0.15) is 5.82 Å². The van der Waals surface area contributed by atoms with Crippen molar-refractivity contribution in [3.8, 4) is 0 Å². The van der Waals surface area contributed by atoms with Gasteiger partial charge in [0.2, 0.25) is 0 Å². The van der Waals surface area contributed by atoms with E-state index in [0.29, 0.717) is 0 Å². The van der Waals surface area contributed by atoms with Crippen molar-refractivity contribution in [2.45, 2.75) is 25.0 Å². The van der Waals surface area contributed by atoms with Gasteiger partial charge in [-0.25, -0.2) is 0 Å². The molecule has 7 heteroatoms. The number of pyridine rings is 1. The van der Waals surface area contributed by atoms with E-state index in [1.54, 1.807) is 7.05 Å². The Labute approximate surface area is 135 Å². The summed E-state index contributed by atoms with van der Waals surface area (Å²) < 4.78 is 2.19. The van der Waals surface area contributed by atoms with Gasteiger partial charge in [0.25, 0.3) is 0 Å². The molecule has 0 bridgehead atoms. The molecule has 0 fully saturated rings. The Morgan fingerprint density at radius 1 is 1.32 bits per heavy atom. The summed E-state index contributed by atoms with van der Waals surface area (Å²) >= 11 is 1.84. The second kappa shape index (κ2) is 7.49. The van der Waals surface area contributed by atoms with Gasteiger partial charge in [-0.2, -0.15) is 11.8 Å². The summed E-state index contributed by atoms with van der Waals surface area (Å²) in [4.78, 5) is 4.25. The van der Waals surface area contributed by atoms with E-state index in [-0.39, 0.29) is 4.75 Å². The van der Waals surface area contributed by atoms with Crippen molar-refractivity contribution < 1.29 is 0 Å². The summed E-state index contributed by atoms with van der Waals surface area (Å²) in [6.45, 7) is 6.04. The second-order valence-electron chi connectivity index (χ2n) is 5.61. The van der Waals surface area contributed by atoms with E-state index < -0.39 is 0 Å². The number of aliphatic imine (C=N–C) groups is 1. The third kappa shape index (κ3) is 4.37. The van der Waals surface area contributed by atoms with Crippen LogP contribution in [-0.4, -0.2) is 51.7 Å². The molecule has 2 rings (SSSR count). The van der Waals surface area contributed by atoms with Crippen molar-refractivity contribution in [1.29, 1.82) is 0 Å². The van der Waals surface area contributed by atoms with Crippen molar-refractivity contribution in [1.82, 2.24) is 25.2 Å². The van der Waals surface area contributed by atoms with Crippen LogP contribution in [0, 0.1) is 0 Å². The Morgan fingerprint density at radius 2 is 2.14 bits per heavy atom. The second-order valence-corrected chi connectivity index (χ2v) is 7.12. The highest BCUT2D eigenvalue weighted by Gasteiger charge is 2.16. The molecule has 0 aliphatic carbocycles. The Kier molecular flexibility index (Phi) is 5.65. The normalized spacial score (nSPS) is 12.6. The van der Waals surface area contributed by atoms with E-state index in [2.05, 4.69) is 45.9 Å². The SMILES string of the molecule is CN=C(NCCc1nnc2ccccn12)NCC(C)(C)SC. The van der Waals surface area contributed by atoms with Crippen LogP contribution in [0.3, 0.4) is 0 Å². The zero-order chi connectivity index (χ0) is 16.0. The van der Waals surface area contributed by atoms with Gasteiger partial charge in [-0.05, 0) is 32.2 Å². The molecule has 0 atom stereocenters. The Balaban J connectivity index is 1.84. The minimum atomic E-state index is 0.181. The van der Waals surface area contributed by atoms with Gasteiger partial charge in [0.15, 0.2) is 11.6 Å². The van der Waals surface area contributed by atoms with Gasteiger partial charge >= 0.3 is 0 Å². The molecule has 0 unspecified atom stereocenters. The monoisotopic (exact) mass is 320 g/mol. The van der Waals surface area contributed by atoms with Gasteiger partial charge in [-0.1, -0.05) is 6.07 Å². The highest BCUT2D eigenvalue weighted by molar-refractivity contribution is 7.99. The largest absolute Gasteiger partial charge is 0.356 e. The molecule has 22 heavy (non-hydrogen) atoms. The van der Waals surface area contributed by atoms with Gasteiger partial charge in [-0.15, -0.1) is 10.2 Å². The smallest absolute Gasteiger partial charge is 0.191 e. The molecular weight excluding hydrogens is 296 g/mol. The summed E-state index contributed by atoms with van der Waals surface area (Å²) in [5.41, 5.74) is 0.877. The molecule has 0 saturated heterocycles. The summed E-state index contributed by atoms with van der Waals surface area (Å²) in [7, 11) is 1.79. The summed E-state index contributed by atoms with van der Waals surface area (Å²) in [6.07, 6.45) is 4.89. The first kappa shape index (κ1) is 16.6. The number of aromatic nitrogens is 3. The fourth-order valence-corrected chi connectivity index (χ4v) is 2.16. The Hall–Kier alpha value is -1.76. The molecule has 0 amide bonds. The van der Waals surface area contributed by atoms with Crippen LogP contribution in [0.2, 0.25) is 0 Å². The summed E-state index contributed by atoms with van der Waals surface area (Å²) in [6, 6.07) is 5.90. The maximum atomic E-state index is 4.25. The third-order valence-electron chi connectivity index (χ3n) is 3.48. The number of guanidine groups is 1. The molecular formula is C15H24N6S. The van der Waals surface area contributed by atoms with Gasteiger partial charge in [-0.3, -0.25) is 9.39 Å². The molecule has 2 N–H and O–H groups in total. The van der Waals surface area contributed by atoms with E-state index >= 15 is 0 Å². The van der Waals surface area contributed by atoms with Crippen molar-refractivity contribution in [2.75, 3.05) is 26.4 Å². The predicted molar refractivity (Wildman–Crippen MR) is 93.6 cm³/mol. The molecule has 6 nitrogen and oxygen atoms in total. The van der Waals surface area contributed by atoms with E-state index in [9.17, 15) is 0 Å². The molecule has 0 aromatic carbocycles. The van der Waals surface area contributed by atoms with Gasteiger partial charge in [0, 0.05) is 37.5 Å². The lowest BCUT2D eigenvalue weighted by Crippen LogP contribution is -2.43. The molecule has 0 radical (unpaired) electrons. The Bertz CT molecular complexity index is 634.